The van der Waals surface area contributed by atoms with Crippen LogP contribution in [0.3, 0.4) is 0 Å². The summed E-state index contributed by atoms with van der Waals surface area (Å²) < 4.78 is 13.1. The molecule has 0 saturated carbocycles. The molecule has 4 N–H and O–H groups in total. The van der Waals surface area contributed by atoms with E-state index in [9.17, 15) is 4.39 Å². The quantitative estimate of drug-likeness (QED) is 0.654. The molecule has 1 heterocycles. The van der Waals surface area contributed by atoms with E-state index in [1.165, 1.54) is 29.2 Å². The smallest absolute Gasteiger partial charge is 0.180 e. The molecule has 0 bridgehead atoms. The zero-order valence-corrected chi connectivity index (χ0v) is 9.95. The third-order valence-corrected chi connectivity index (χ3v) is 3.68. The number of halogens is 1. The van der Waals surface area contributed by atoms with E-state index in [1.54, 1.807) is 12.1 Å². The van der Waals surface area contributed by atoms with Crippen molar-refractivity contribution < 1.29 is 4.39 Å². The molecule has 0 aliphatic rings. The summed E-state index contributed by atoms with van der Waals surface area (Å²) in [4.78, 5) is 4.95. The molecular formula is C10H10FN3S2. The van der Waals surface area contributed by atoms with Crippen LogP contribution in [0, 0.1) is 5.82 Å². The molecule has 0 unspecified atom stereocenters. The highest BCUT2D eigenvalue weighted by Gasteiger charge is 2.03. The van der Waals surface area contributed by atoms with Crippen molar-refractivity contribution in [3.05, 3.63) is 35.1 Å². The van der Waals surface area contributed by atoms with Gasteiger partial charge in [0.05, 0.1) is 11.4 Å². The maximum atomic E-state index is 13.1. The minimum Gasteiger partial charge on any atom is -0.396 e. The standard InChI is InChI=1S/C10H10FN3S2/c11-8-3-7(1-2-9(8)12)15-4-6-5-16-10(13)14-6/h1-3,5H,4,12H2,(H2,13,14). The van der Waals surface area contributed by atoms with Gasteiger partial charge in [0, 0.05) is 16.0 Å². The van der Waals surface area contributed by atoms with Gasteiger partial charge in [-0.3, -0.25) is 0 Å². The zero-order chi connectivity index (χ0) is 11.5. The van der Waals surface area contributed by atoms with Crippen LogP contribution < -0.4 is 11.5 Å². The summed E-state index contributed by atoms with van der Waals surface area (Å²) in [6, 6.07) is 4.78. The summed E-state index contributed by atoms with van der Waals surface area (Å²) in [7, 11) is 0. The van der Waals surface area contributed by atoms with Gasteiger partial charge in [0.1, 0.15) is 5.82 Å². The number of thioether (sulfide) groups is 1. The number of nitrogens with two attached hydrogens (primary N) is 2. The SMILES string of the molecule is Nc1nc(CSc2ccc(N)c(F)c2)cs1. The van der Waals surface area contributed by atoms with Gasteiger partial charge in [0.25, 0.3) is 0 Å². The molecule has 1 aromatic heterocycles. The second-order valence-electron chi connectivity index (χ2n) is 3.15. The molecule has 6 heteroatoms. The summed E-state index contributed by atoms with van der Waals surface area (Å²) in [5, 5.41) is 2.45. The number of nitrogens with zero attached hydrogens (tertiary/aromatic N) is 1. The molecule has 0 atom stereocenters. The average molecular weight is 255 g/mol. The fraction of sp³-hybridized carbons (Fsp3) is 0.100. The van der Waals surface area contributed by atoms with Crippen molar-refractivity contribution in [2.45, 2.75) is 10.6 Å². The maximum absolute atomic E-state index is 13.1. The van der Waals surface area contributed by atoms with Gasteiger partial charge in [-0.2, -0.15) is 0 Å². The molecule has 1 aromatic carbocycles. The Kier molecular flexibility index (Phi) is 3.31. The minimum atomic E-state index is -0.386. The van der Waals surface area contributed by atoms with Crippen LogP contribution in [0.5, 0.6) is 0 Å². The van der Waals surface area contributed by atoms with E-state index in [4.69, 9.17) is 11.5 Å². The Morgan fingerprint density at radius 1 is 1.38 bits per heavy atom. The fourth-order valence-electron chi connectivity index (χ4n) is 1.14. The predicted molar refractivity (Wildman–Crippen MR) is 66.9 cm³/mol. The van der Waals surface area contributed by atoms with Crippen molar-refractivity contribution in [3.8, 4) is 0 Å². The van der Waals surface area contributed by atoms with Gasteiger partial charge < -0.3 is 11.5 Å². The van der Waals surface area contributed by atoms with E-state index in [0.717, 1.165) is 10.6 Å². The lowest BCUT2D eigenvalue weighted by atomic mass is 10.3. The van der Waals surface area contributed by atoms with E-state index >= 15 is 0 Å². The van der Waals surface area contributed by atoms with Gasteiger partial charge in [0.15, 0.2) is 5.13 Å². The van der Waals surface area contributed by atoms with Crippen molar-refractivity contribution in [2.75, 3.05) is 11.5 Å². The van der Waals surface area contributed by atoms with Gasteiger partial charge in [-0.1, -0.05) is 0 Å². The van der Waals surface area contributed by atoms with E-state index < -0.39 is 0 Å². The molecule has 2 aromatic rings. The molecular weight excluding hydrogens is 245 g/mol. The Morgan fingerprint density at radius 3 is 2.81 bits per heavy atom. The molecule has 0 spiro atoms. The number of anilines is 2. The average Bonchev–Trinajstić information content (AvgIpc) is 2.66. The first-order valence-corrected chi connectivity index (χ1v) is 6.39. The lowest BCUT2D eigenvalue weighted by Gasteiger charge is -2.01. The maximum Gasteiger partial charge on any atom is 0.180 e. The normalized spacial score (nSPS) is 10.6. The van der Waals surface area contributed by atoms with Crippen LogP contribution >= 0.6 is 23.1 Å². The largest absolute Gasteiger partial charge is 0.396 e. The van der Waals surface area contributed by atoms with Crippen LogP contribution in [0.4, 0.5) is 15.2 Å². The molecule has 16 heavy (non-hydrogen) atoms. The summed E-state index contributed by atoms with van der Waals surface area (Å²) in [5.74, 6) is 0.291. The third kappa shape index (κ3) is 2.65. The van der Waals surface area contributed by atoms with Crippen molar-refractivity contribution in [1.29, 1.82) is 0 Å². The summed E-state index contributed by atoms with van der Waals surface area (Å²) in [6.07, 6.45) is 0. The van der Waals surface area contributed by atoms with Crippen LogP contribution in [0.2, 0.25) is 0 Å². The van der Waals surface area contributed by atoms with Gasteiger partial charge in [-0.05, 0) is 18.2 Å². The second kappa shape index (κ2) is 4.71. The van der Waals surface area contributed by atoms with Crippen molar-refractivity contribution in [1.82, 2.24) is 4.98 Å². The highest BCUT2D eigenvalue weighted by Crippen LogP contribution is 2.26. The first-order chi connectivity index (χ1) is 7.65. The Bertz CT molecular complexity index is 499. The number of nitrogen functional groups attached to an aromatic ring is 2. The van der Waals surface area contributed by atoms with Crippen LogP contribution in [-0.2, 0) is 5.75 Å². The molecule has 3 nitrogen and oxygen atoms in total. The molecule has 0 aliphatic heterocycles. The molecule has 0 amide bonds. The third-order valence-electron chi connectivity index (χ3n) is 1.93. The van der Waals surface area contributed by atoms with Gasteiger partial charge >= 0.3 is 0 Å². The molecule has 0 saturated heterocycles. The summed E-state index contributed by atoms with van der Waals surface area (Å²) in [5.41, 5.74) is 12.0. The van der Waals surface area contributed by atoms with Crippen molar-refractivity contribution in [3.63, 3.8) is 0 Å². The number of aromatic nitrogens is 1. The van der Waals surface area contributed by atoms with Crippen LogP contribution in [0.25, 0.3) is 0 Å². The molecule has 0 aliphatic carbocycles. The molecule has 84 valence electrons. The fourth-order valence-corrected chi connectivity index (χ4v) is 2.63. The molecule has 0 radical (unpaired) electrons. The van der Waals surface area contributed by atoms with E-state index in [-0.39, 0.29) is 11.5 Å². The Labute approximate surface area is 101 Å². The lowest BCUT2D eigenvalue weighted by molar-refractivity contribution is 0.629. The Morgan fingerprint density at radius 2 is 2.19 bits per heavy atom. The van der Waals surface area contributed by atoms with Gasteiger partial charge in [-0.15, -0.1) is 23.1 Å². The Hall–Kier alpha value is -1.27. The monoisotopic (exact) mass is 255 g/mol. The number of thiazole rings is 1. The first kappa shape index (κ1) is 11.2. The minimum absolute atomic E-state index is 0.169. The molecule has 2 rings (SSSR count). The van der Waals surface area contributed by atoms with E-state index in [2.05, 4.69) is 4.98 Å². The van der Waals surface area contributed by atoms with Crippen LogP contribution in [0.1, 0.15) is 5.69 Å². The number of rotatable bonds is 3. The topological polar surface area (TPSA) is 64.9 Å². The second-order valence-corrected chi connectivity index (χ2v) is 5.09. The number of benzene rings is 1. The summed E-state index contributed by atoms with van der Waals surface area (Å²) >= 11 is 2.91. The number of hydrogen-bond donors (Lipinski definition) is 2. The van der Waals surface area contributed by atoms with E-state index in [1.807, 2.05) is 5.38 Å². The van der Waals surface area contributed by atoms with Crippen LogP contribution in [0.15, 0.2) is 28.5 Å². The zero-order valence-electron chi connectivity index (χ0n) is 8.31. The van der Waals surface area contributed by atoms with Gasteiger partial charge in [0.2, 0.25) is 0 Å². The van der Waals surface area contributed by atoms with E-state index in [0.29, 0.717) is 10.9 Å². The lowest BCUT2D eigenvalue weighted by Crippen LogP contribution is -1.90. The Balaban J connectivity index is 2.02. The van der Waals surface area contributed by atoms with Crippen LogP contribution in [-0.4, -0.2) is 4.98 Å². The highest BCUT2D eigenvalue weighted by atomic mass is 32.2. The first-order valence-electron chi connectivity index (χ1n) is 4.53. The highest BCUT2D eigenvalue weighted by molar-refractivity contribution is 7.98. The van der Waals surface area contributed by atoms with Gasteiger partial charge in [-0.25, -0.2) is 9.37 Å². The molecule has 0 fully saturated rings. The number of hydrogen-bond acceptors (Lipinski definition) is 5. The van der Waals surface area contributed by atoms with Crippen molar-refractivity contribution in [2.24, 2.45) is 0 Å². The van der Waals surface area contributed by atoms with Crippen molar-refractivity contribution >= 4 is 33.9 Å². The predicted octanol–water partition coefficient (Wildman–Crippen LogP) is 2.74. The summed E-state index contributed by atoms with van der Waals surface area (Å²) in [6.45, 7) is 0.